The molecule has 256 valence electrons. The van der Waals surface area contributed by atoms with E-state index in [4.69, 9.17) is 0 Å². The number of hydrogen-bond acceptors (Lipinski definition) is 5. The summed E-state index contributed by atoms with van der Waals surface area (Å²) in [5.74, 6) is 0.237. The molecule has 0 aromatic carbocycles. The third kappa shape index (κ3) is 14.1. The highest BCUT2D eigenvalue weighted by atomic mass is 16.2. The first-order valence-electron chi connectivity index (χ1n) is 18.2. The minimum absolute atomic E-state index is 0.0799. The summed E-state index contributed by atoms with van der Waals surface area (Å²) in [6.07, 6.45) is 25.9. The van der Waals surface area contributed by atoms with Gasteiger partial charge in [0, 0.05) is 45.9 Å². The lowest BCUT2D eigenvalue weighted by atomic mass is 9.94. The fourth-order valence-electron chi connectivity index (χ4n) is 6.26. The number of imidazole rings is 1. The van der Waals surface area contributed by atoms with Crippen LogP contribution in [0.25, 0.3) is 11.2 Å². The molecule has 2 rings (SSSR count). The zero-order valence-corrected chi connectivity index (χ0v) is 29.0. The third-order valence-corrected chi connectivity index (χ3v) is 9.24. The van der Waals surface area contributed by atoms with Crippen LogP contribution in [0.2, 0.25) is 0 Å². The zero-order chi connectivity index (χ0) is 32.9. The van der Waals surface area contributed by atoms with E-state index in [2.05, 4.69) is 17.2 Å². The number of aryl methyl sites for hydroxylation is 2. The summed E-state index contributed by atoms with van der Waals surface area (Å²) in [6, 6.07) is 0. The van der Waals surface area contributed by atoms with Gasteiger partial charge in [-0.3, -0.25) is 23.5 Å². The molecule has 0 bridgehead atoms. The average molecular weight is 630 g/mol. The SMILES string of the molecule is CCCCCCCCCCCCCCC(=O)NCC(CCCCCCCCCn1c(=O)c2c(ncn2C)n(C)c1=O)C(=O)CC. The number of fused-ring (bicyclic) bond motifs is 1. The Balaban J connectivity index is 1.52. The van der Waals surface area contributed by atoms with Gasteiger partial charge in [0.1, 0.15) is 5.78 Å². The van der Waals surface area contributed by atoms with E-state index in [0.29, 0.717) is 37.1 Å². The van der Waals surface area contributed by atoms with Gasteiger partial charge in [0.15, 0.2) is 11.2 Å². The fraction of sp³-hybridized carbons (Fsp3) is 0.806. The highest BCUT2D eigenvalue weighted by Crippen LogP contribution is 2.16. The number of hydrogen-bond donors (Lipinski definition) is 1. The van der Waals surface area contributed by atoms with Crippen LogP contribution in [0.1, 0.15) is 155 Å². The highest BCUT2D eigenvalue weighted by molar-refractivity contribution is 5.82. The van der Waals surface area contributed by atoms with Crippen molar-refractivity contribution in [2.24, 2.45) is 20.0 Å². The van der Waals surface area contributed by atoms with E-state index in [-0.39, 0.29) is 28.9 Å². The molecule has 1 amide bonds. The third-order valence-electron chi connectivity index (χ3n) is 9.24. The quantitative estimate of drug-likeness (QED) is 0.104. The second-order valence-corrected chi connectivity index (χ2v) is 13.0. The van der Waals surface area contributed by atoms with Crippen LogP contribution in [0.3, 0.4) is 0 Å². The van der Waals surface area contributed by atoms with Crippen LogP contribution in [-0.4, -0.2) is 36.9 Å². The van der Waals surface area contributed by atoms with E-state index < -0.39 is 0 Å². The maximum atomic E-state index is 12.8. The van der Waals surface area contributed by atoms with Crippen molar-refractivity contribution in [3.63, 3.8) is 0 Å². The predicted octanol–water partition coefficient (Wildman–Crippen LogP) is 7.36. The maximum absolute atomic E-state index is 12.8. The Labute approximate surface area is 271 Å². The standard InChI is InChI=1S/C36H63N5O4/c1-5-7-8-9-10-11-12-13-14-17-20-23-26-32(43)37-28-30(31(42)6-2)25-22-19-16-15-18-21-24-27-41-35(44)33-34(38-29-39(33)3)40(4)36(41)45/h29-30H,5-28H2,1-4H3,(H,37,43). The van der Waals surface area contributed by atoms with Crippen molar-refractivity contribution >= 4 is 22.9 Å². The molecule has 0 spiro atoms. The number of ketones is 1. The van der Waals surface area contributed by atoms with E-state index in [0.717, 1.165) is 64.2 Å². The Morgan fingerprint density at radius 1 is 0.756 bits per heavy atom. The van der Waals surface area contributed by atoms with Crippen molar-refractivity contribution in [3.05, 3.63) is 27.2 Å². The number of amides is 1. The summed E-state index contributed by atoms with van der Waals surface area (Å²) >= 11 is 0. The summed E-state index contributed by atoms with van der Waals surface area (Å²) in [5, 5.41) is 3.04. The number of unbranched alkanes of at least 4 members (excludes halogenated alkanes) is 17. The van der Waals surface area contributed by atoms with Gasteiger partial charge in [-0.15, -0.1) is 0 Å². The van der Waals surface area contributed by atoms with Crippen molar-refractivity contribution in [2.45, 2.75) is 162 Å². The van der Waals surface area contributed by atoms with E-state index in [1.807, 2.05) is 6.92 Å². The molecular formula is C36H63N5O4. The minimum atomic E-state index is -0.317. The summed E-state index contributed by atoms with van der Waals surface area (Å²) in [4.78, 5) is 54.5. The number of nitrogens with zero attached hydrogens (tertiary/aromatic N) is 4. The van der Waals surface area contributed by atoms with Crippen LogP contribution in [0.4, 0.5) is 0 Å². The molecule has 1 atom stereocenters. The molecule has 2 heterocycles. The summed E-state index contributed by atoms with van der Waals surface area (Å²) in [6.45, 7) is 5.05. The smallest absolute Gasteiger partial charge is 0.332 e. The fourth-order valence-corrected chi connectivity index (χ4v) is 6.26. The molecule has 2 aromatic heterocycles. The average Bonchev–Trinajstić information content (AvgIpc) is 3.43. The first-order valence-corrected chi connectivity index (χ1v) is 18.2. The maximum Gasteiger partial charge on any atom is 0.332 e. The summed E-state index contributed by atoms with van der Waals surface area (Å²) in [5.41, 5.74) is 0.285. The number of aromatic nitrogens is 4. The molecule has 0 aliphatic heterocycles. The first-order chi connectivity index (χ1) is 21.8. The van der Waals surface area contributed by atoms with Crippen molar-refractivity contribution in [2.75, 3.05) is 6.54 Å². The molecule has 0 aliphatic rings. The topological polar surface area (TPSA) is 108 Å². The van der Waals surface area contributed by atoms with Crippen molar-refractivity contribution in [1.29, 1.82) is 0 Å². The van der Waals surface area contributed by atoms with Crippen molar-refractivity contribution in [1.82, 2.24) is 24.0 Å². The number of carbonyl (C=O) groups is 2. The molecule has 2 aromatic rings. The van der Waals surface area contributed by atoms with E-state index in [9.17, 15) is 19.2 Å². The second-order valence-electron chi connectivity index (χ2n) is 13.0. The summed E-state index contributed by atoms with van der Waals surface area (Å²) in [7, 11) is 3.42. The van der Waals surface area contributed by atoms with Crippen LogP contribution in [0.15, 0.2) is 15.9 Å². The Morgan fingerprint density at radius 2 is 1.29 bits per heavy atom. The molecule has 0 fully saturated rings. The van der Waals surface area contributed by atoms with Gasteiger partial charge in [0.2, 0.25) is 5.91 Å². The molecule has 45 heavy (non-hydrogen) atoms. The van der Waals surface area contributed by atoms with E-state index in [1.165, 1.54) is 73.3 Å². The number of rotatable bonds is 27. The van der Waals surface area contributed by atoms with Gasteiger partial charge in [-0.05, 0) is 19.3 Å². The van der Waals surface area contributed by atoms with Gasteiger partial charge < -0.3 is 9.88 Å². The lowest BCUT2D eigenvalue weighted by Gasteiger charge is -2.16. The van der Waals surface area contributed by atoms with Crippen LogP contribution in [0.5, 0.6) is 0 Å². The molecule has 1 N–H and O–H groups in total. The molecular weight excluding hydrogens is 566 g/mol. The van der Waals surface area contributed by atoms with Gasteiger partial charge >= 0.3 is 5.69 Å². The number of nitrogens with one attached hydrogen (secondary N) is 1. The predicted molar refractivity (Wildman–Crippen MR) is 185 cm³/mol. The van der Waals surface area contributed by atoms with Crippen molar-refractivity contribution in [3.8, 4) is 0 Å². The van der Waals surface area contributed by atoms with Crippen LogP contribution in [-0.2, 0) is 30.2 Å². The molecule has 0 saturated heterocycles. The lowest BCUT2D eigenvalue weighted by Crippen LogP contribution is -2.39. The number of carbonyl (C=O) groups excluding carboxylic acids is 2. The minimum Gasteiger partial charge on any atom is -0.355 e. The number of Topliss-reactive ketones (excluding diaryl/α,β-unsaturated/α-hetero) is 1. The molecule has 0 radical (unpaired) electrons. The van der Waals surface area contributed by atoms with Crippen LogP contribution >= 0.6 is 0 Å². The zero-order valence-electron chi connectivity index (χ0n) is 29.0. The lowest BCUT2D eigenvalue weighted by molar-refractivity contribution is -0.124. The Kier molecular flexibility index (Phi) is 19.4. The van der Waals surface area contributed by atoms with E-state index >= 15 is 0 Å². The summed E-state index contributed by atoms with van der Waals surface area (Å²) < 4.78 is 4.44. The Bertz CT molecular complexity index is 1240. The molecule has 0 aliphatic carbocycles. The van der Waals surface area contributed by atoms with E-state index in [1.54, 1.807) is 25.0 Å². The largest absolute Gasteiger partial charge is 0.355 e. The second kappa shape index (κ2) is 22.7. The molecule has 9 heteroatoms. The van der Waals surface area contributed by atoms with Crippen LogP contribution < -0.4 is 16.6 Å². The Hall–Kier alpha value is -2.71. The first kappa shape index (κ1) is 38.5. The molecule has 1 unspecified atom stereocenters. The molecule has 0 saturated carbocycles. The Morgan fingerprint density at radius 3 is 1.87 bits per heavy atom. The van der Waals surface area contributed by atoms with Gasteiger partial charge in [-0.25, -0.2) is 9.78 Å². The van der Waals surface area contributed by atoms with Crippen LogP contribution in [0, 0.1) is 5.92 Å². The normalized spacial score (nSPS) is 12.2. The van der Waals surface area contributed by atoms with Crippen molar-refractivity contribution < 1.29 is 9.59 Å². The van der Waals surface area contributed by atoms with Gasteiger partial charge in [0.25, 0.3) is 5.56 Å². The van der Waals surface area contributed by atoms with Gasteiger partial charge in [-0.1, -0.05) is 123 Å². The molecule has 9 nitrogen and oxygen atoms in total. The monoisotopic (exact) mass is 629 g/mol. The van der Waals surface area contributed by atoms with Gasteiger partial charge in [0.05, 0.1) is 6.33 Å². The highest BCUT2D eigenvalue weighted by Gasteiger charge is 2.17. The van der Waals surface area contributed by atoms with Gasteiger partial charge in [-0.2, -0.15) is 0 Å².